The molecule has 4 aliphatic rings. The lowest BCUT2D eigenvalue weighted by molar-refractivity contribution is -0.143. The molecule has 9 heteroatoms. The van der Waals surface area contributed by atoms with Crippen LogP contribution < -0.4 is 14.7 Å². The Bertz CT molecular complexity index is 2760. The van der Waals surface area contributed by atoms with Gasteiger partial charge in [0.05, 0.1) is 17.3 Å². The van der Waals surface area contributed by atoms with Crippen LogP contribution in [0.15, 0.2) is 102 Å². The standard InChI is InChI=1S/C22H27NO.C18H27NO.C17H24N2O.C14H27NO.15C2H6/c1-21(2,3)19-17-13-8-7-11-15(17)16-12-9-10-14-18(16)23(20(19)24)22(4,5)6;1-17(2,3)14-12-11-13-9-7-8-10-15(13)19(16(14)20)18(4,5)6;1-11(2)19-14-10-8-7-9-13(14)12(3)18-15(16(19)20)17(4,5)6;1-13(2,3)11-9-7-8-10-15(12(11)16)14(4,5)6;15*1-2/h7-14,19H,1-6H3;7-10,14H,11-12H2,1-6H3;7-11,15H,1-6H3;11H,7-10H2,1-6H3;15*1-2H3. The SMILES string of the molecule is CC.CC.CC.CC.CC.CC.CC.CC.CC.CC.CC.CC.CC.CC.CC.CC(C)(C)C1C(=O)N(C(C)(C)C)c2ccccc2-c2ccccc21.CC(C)(C)C1CCCCN(C(C)(C)C)C1=O.CC(C)(C)C1CCc2ccccc2N(C(C)(C)C)C1=O.CC1=NC(C(C)(C)C)C(=O)N(C(C)C)c2ccccc21. The van der Waals surface area contributed by atoms with Crippen LogP contribution in [0, 0.1) is 33.5 Å². The molecule has 4 aliphatic heterocycles. The molecule has 4 aromatic rings. The molecule has 4 heterocycles. The molecule has 4 amide bonds. The Morgan fingerprint density at radius 2 is 0.673 bits per heavy atom. The van der Waals surface area contributed by atoms with E-state index in [1.807, 2.05) is 272 Å². The van der Waals surface area contributed by atoms with Gasteiger partial charge in [-0.1, -0.05) is 376 Å². The third-order valence-corrected chi connectivity index (χ3v) is 16.1. The molecule has 8 rings (SSSR count). The van der Waals surface area contributed by atoms with Gasteiger partial charge in [-0.2, -0.15) is 0 Å². The highest BCUT2D eigenvalue weighted by atomic mass is 16.2. The maximum atomic E-state index is 13.7. The summed E-state index contributed by atoms with van der Waals surface area (Å²) in [5, 5.41) is 0. The average Bonchev–Trinajstić information content (AvgIpc) is 1.59. The Kier molecular flexibility index (Phi) is 80.3. The van der Waals surface area contributed by atoms with Gasteiger partial charge >= 0.3 is 0 Å². The molecule has 110 heavy (non-hydrogen) atoms. The third kappa shape index (κ3) is 43.1. The normalized spacial score (nSPS) is 15.6. The topological polar surface area (TPSA) is 93.6 Å². The summed E-state index contributed by atoms with van der Waals surface area (Å²) in [7, 11) is 0. The van der Waals surface area contributed by atoms with Gasteiger partial charge in [0.25, 0.3) is 5.91 Å². The summed E-state index contributed by atoms with van der Waals surface area (Å²) in [6.07, 6.45) is 5.30. The van der Waals surface area contributed by atoms with Gasteiger partial charge in [0.1, 0.15) is 6.04 Å². The molecule has 0 radical (unpaired) electrons. The first kappa shape index (κ1) is 128. The number of carbonyl (C=O) groups is 4. The van der Waals surface area contributed by atoms with Gasteiger partial charge in [-0.15, -0.1) is 0 Å². The number of aryl methyl sites for hydroxylation is 1. The van der Waals surface area contributed by atoms with Crippen LogP contribution in [-0.4, -0.2) is 69.5 Å². The molecule has 648 valence electrons. The Balaban J connectivity index is -0.000000119. The van der Waals surface area contributed by atoms with E-state index in [0.29, 0.717) is 5.91 Å². The second kappa shape index (κ2) is 69.0. The second-order valence-electron chi connectivity index (χ2n) is 30.6. The van der Waals surface area contributed by atoms with Crippen molar-refractivity contribution in [2.45, 2.75) is 441 Å². The Labute approximate surface area is 691 Å². The highest BCUT2D eigenvalue weighted by Gasteiger charge is 2.45. The number of aliphatic imine (C=N–C) groups is 1. The summed E-state index contributed by atoms with van der Waals surface area (Å²) in [5.41, 5.74) is 9.06. The first-order valence-corrected chi connectivity index (χ1v) is 44.8. The number of benzene rings is 4. The summed E-state index contributed by atoms with van der Waals surface area (Å²) < 4.78 is 0. The zero-order chi connectivity index (χ0) is 90.5. The molecule has 1 fully saturated rings. The number of benzodiazepines with no additional fused rings is 1. The van der Waals surface area contributed by atoms with E-state index in [-0.39, 0.29) is 85.8 Å². The number of likely N-dealkylation sites (tertiary alicyclic amines) is 1. The molecule has 4 unspecified atom stereocenters. The van der Waals surface area contributed by atoms with Gasteiger partial charge in [-0.3, -0.25) is 24.2 Å². The van der Waals surface area contributed by atoms with Crippen LogP contribution in [0.2, 0.25) is 0 Å². The smallest absolute Gasteiger partial charge is 0.252 e. The molecule has 1 saturated heterocycles. The molecule has 4 atom stereocenters. The molecule has 0 N–H and O–H groups in total. The van der Waals surface area contributed by atoms with Crippen molar-refractivity contribution in [3.8, 4) is 11.1 Å². The highest BCUT2D eigenvalue weighted by molar-refractivity contribution is 6.12. The minimum atomic E-state index is -0.336. The third-order valence-electron chi connectivity index (χ3n) is 16.1. The van der Waals surface area contributed by atoms with E-state index in [1.54, 1.807) is 0 Å². The van der Waals surface area contributed by atoms with Gasteiger partial charge < -0.3 is 19.6 Å². The van der Waals surface area contributed by atoms with Crippen molar-refractivity contribution in [2.24, 2.45) is 38.5 Å². The van der Waals surface area contributed by atoms with Crippen LogP contribution in [0.5, 0.6) is 0 Å². The van der Waals surface area contributed by atoms with E-state index in [4.69, 9.17) is 4.99 Å². The fourth-order valence-corrected chi connectivity index (χ4v) is 12.1. The summed E-state index contributed by atoms with van der Waals surface area (Å²) >= 11 is 0. The Hall–Kier alpha value is -5.57. The maximum Gasteiger partial charge on any atom is 0.252 e. The molecular weight excluding hydrogens is 1350 g/mol. The molecule has 0 spiro atoms. The zero-order valence-electron chi connectivity index (χ0n) is 84.2. The fourth-order valence-electron chi connectivity index (χ4n) is 12.1. The lowest BCUT2D eigenvalue weighted by atomic mass is 9.74. The molecule has 0 aliphatic carbocycles. The van der Waals surface area contributed by atoms with Crippen LogP contribution >= 0.6 is 0 Å². The van der Waals surface area contributed by atoms with E-state index in [2.05, 4.69) is 219 Å². The lowest BCUT2D eigenvalue weighted by Crippen LogP contribution is -2.50. The summed E-state index contributed by atoms with van der Waals surface area (Å²) in [6, 6.07) is 32.8. The number of carbonyl (C=O) groups excluding carboxylic acids is 4. The number of hydrogen-bond donors (Lipinski definition) is 0. The van der Waals surface area contributed by atoms with Crippen molar-refractivity contribution in [1.82, 2.24) is 4.90 Å². The van der Waals surface area contributed by atoms with Gasteiger partial charge in [0.2, 0.25) is 17.7 Å². The van der Waals surface area contributed by atoms with Crippen molar-refractivity contribution in [3.05, 3.63) is 114 Å². The number of rotatable bonds is 1. The highest BCUT2D eigenvalue weighted by Crippen LogP contribution is 2.49. The van der Waals surface area contributed by atoms with E-state index in [0.717, 1.165) is 71.7 Å². The molecule has 4 aromatic carbocycles. The lowest BCUT2D eigenvalue weighted by Gasteiger charge is -2.40. The van der Waals surface area contributed by atoms with Crippen LogP contribution in [0.25, 0.3) is 11.1 Å². The number of hydrogen-bond acceptors (Lipinski definition) is 5. The molecule has 0 aromatic heterocycles. The number of amides is 4. The van der Waals surface area contributed by atoms with Crippen molar-refractivity contribution in [2.75, 3.05) is 21.2 Å². The van der Waals surface area contributed by atoms with Crippen molar-refractivity contribution in [3.63, 3.8) is 0 Å². The number of anilines is 3. The molecular formula is C101H195N5O4. The quantitative estimate of drug-likeness (QED) is 0.190. The van der Waals surface area contributed by atoms with Crippen LogP contribution in [-0.2, 0) is 25.6 Å². The van der Waals surface area contributed by atoms with Crippen molar-refractivity contribution < 1.29 is 19.2 Å². The maximum absolute atomic E-state index is 13.7. The van der Waals surface area contributed by atoms with Crippen LogP contribution in [0.4, 0.5) is 17.1 Å². The predicted octanol–water partition coefficient (Wildman–Crippen LogP) is 32.6. The van der Waals surface area contributed by atoms with E-state index >= 15 is 0 Å². The minimum absolute atomic E-state index is 0.00261. The average molecular weight is 1540 g/mol. The van der Waals surface area contributed by atoms with Crippen molar-refractivity contribution >= 4 is 46.4 Å². The van der Waals surface area contributed by atoms with Crippen molar-refractivity contribution in [1.29, 1.82) is 0 Å². The molecule has 9 nitrogen and oxygen atoms in total. The Morgan fingerprint density at radius 3 is 1.04 bits per heavy atom. The van der Waals surface area contributed by atoms with E-state index < -0.39 is 0 Å². The van der Waals surface area contributed by atoms with Gasteiger partial charge in [0, 0.05) is 63.6 Å². The Morgan fingerprint density at radius 1 is 0.336 bits per heavy atom. The monoisotopic (exact) mass is 1540 g/mol. The van der Waals surface area contributed by atoms with Gasteiger partial charge in [-0.25, -0.2) is 0 Å². The van der Waals surface area contributed by atoms with E-state index in [9.17, 15) is 19.2 Å². The van der Waals surface area contributed by atoms with E-state index in [1.165, 1.54) is 17.5 Å². The number of para-hydroxylation sites is 3. The van der Waals surface area contributed by atoms with Gasteiger partial charge in [0.15, 0.2) is 0 Å². The fraction of sp³-hybridized carbons (Fsp3) is 0.713. The van der Waals surface area contributed by atoms with Gasteiger partial charge in [-0.05, 0) is 165 Å². The minimum Gasteiger partial charge on any atom is -0.338 e. The first-order chi connectivity index (χ1) is 51.6. The summed E-state index contributed by atoms with van der Waals surface area (Å²) in [6.45, 7) is 112. The number of fused-ring (bicyclic) bond motifs is 5. The molecule has 0 bridgehead atoms. The van der Waals surface area contributed by atoms with Crippen LogP contribution in [0.3, 0.4) is 0 Å². The largest absolute Gasteiger partial charge is 0.338 e. The summed E-state index contributed by atoms with van der Waals surface area (Å²) in [5.74, 6) is 1.01. The molecule has 0 saturated carbocycles. The van der Waals surface area contributed by atoms with Crippen LogP contribution in [0.1, 0.15) is 422 Å². The number of nitrogens with zero attached hydrogens (tertiary/aromatic N) is 5. The first-order valence-electron chi connectivity index (χ1n) is 44.8. The summed E-state index contributed by atoms with van der Waals surface area (Å²) in [4.78, 5) is 65.1. The zero-order valence-corrected chi connectivity index (χ0v) is 84.2. The second-order valence-corrected chi connectivity index (χ2v) is 30.6. The predicted molar refractivity (Wildman–Crippen MR) is 509 cm³/mol.